The van der Waals surface area contributed by atoms with Gasteiger partial charge < -0.3 is 9.84 Å². The molecular formula is C15H24F2O2. The topological polar surface area (TPSA) is 29.5 Å². The summed E-state index contributed by atoms with van der Waals surface area (Å²) in [7, 11) is 0. The van der Waals surface area contributed by atoms with Crippen LogP contribution >= 0.6 is 0 Å². The van der Waals surface area contributed by atoms with Crippen molar-refractivity contribution in [2.75, 3.05) is 6.61 Å². The highest BCUT2D eigenvalue weighted by Crippen LogP contribution is 2.76. The van der Waals surface area contributed by atoms with Gasteiger partial charge >= 0.3 is 0 Å². The Labute approximate surface area is 113 Å². The first-order valence-corrected chi connectivity index (χ1v) is 7.25. The molecule has 4 aliphatic carbocycles. The van der Waals surface area contributed by atoms with E-state index in [1.165, 1.54) is 19.3 Å². The molecule has 0 aromatic rings. The second kappa shape index (κ2) is 3.70. The summed E-state index contributed by atoms with van der Waals surface area (Å²) in [6.07, 6.45) is 3.83. The van der Waals surface area contributed by atoms with Crippen molar-refractivity contribution in [2.45, 2.75) is 65.1 Å². The van der Waals surface area contributed by atoms with Crippen LogP contribution in [0.4, 0.5) is 8.78 Å². The van der Waals surface area contributed by atoms with Crippen molar-refractivity contribution < 1.29 is 18.6 Å². The minimum absolute atomic E-state index is 0.0108. The van der Waals surface area contributed by atoms with Gasteiger partial charge in [0.25, 0.3) is 5.92 Å². The average Bonchev–Trinajstić information content (AvgIpc) is 2.49. The highest BCUT2D eigenvalue weighted by atomic mass is 19.3. The molecule has 4 rings (SSSR count). The highest BCUT2D eigenvalue weighted by Gasteiger charge is 2.68. The number of halogens is 2. The molecule has 19 heavy (non-hydrogen) atoms. The summed E-state index contributed by atoms with van der Waals surface area (Å²) in [5.74, 6) is -2.46. The van der Waals surface area contributed by atoms with E-state index in [9.17, 15) is 13.9 Å². The Morgan fingerprint density at radius 2 is 1.95 bits per heavy atom. The van der Waals surface area contributed by atoms with Crippen LogP contribution in [0.2, 0.25) is 0 Å². The molecule has 4 bridgehead atoms. The fourth-order valence-corrected chi connectivity index (χ4v) is 5.75. The van der Waals surface area contributed by atoms with Gasteiger partial charge in [-0.15, -0.1) is 0 Å². The number of aliphatic hydroxyl groups excluding tert-OH is 1. The number of rotatable bonds is 4. The quantitative estimate of drug-likeness (QED) is 0.794. The lowest BCUT2D eigenvalue weighted by molar-refractivity contribution is -0.240. The largest absolute Gasteiger partial charge is 0.363 e. The summed E-state index contributed by atoms with van der Waals surface area (Å²) in [5.41, 5.74) is 0.587. The van der Waals surface area contributed by atoms with E-state index in [0.717, 1.165) is 18.8 Å². The van der Waals surface area contributed by atoms with Crippen LogP contribution in [0.5, 0.6) is 0 Å². The van der Waals surface area contributed by atoms with E-state index in [2.05, 4.69) is 13.8 Å². The molecule has 1 N–H and O–H groups in total. The molecule has 0 radical (unpaired) electrons. The lowest BCUT2D eigenvalue weighted by Crippen LogP contribution is -2.40. The molecule has 0 aliphatic heterocycles. The van der Waals surface area contributed by atoms with Crippen molar-refractivity contribution in [1.29, 1.82) is 0 Å². The number of alkyl halides is 2. The van der Waals surface area contributed by atoms with E-state index in [-0.39, 0.29) is 17.4 Å². The number of hydrogen-bond donors (Lipinski definition) is 1. The van der Waals surface area contributed by atoms with Gasteiger partial charge in [0.1, 0.15) is 0 Å². The second-order valence-electron chi connectivity index (χ2n) is 8.10. The van der Waals surface area contributed by atoms with Crippen LogP contribution in [0.25, 0.3) is 0 Å². The predicted molar refractivity (Wildman–Crippen MR) is 67.8 cm³/mol. The van der Waals surface area contributed by atoms with Crippen LogP contribution in [0.15, 0.2) is 0 Å². The van der Waals surface area contributed by atoms with Crippen LogP contribution < -0.4 is 0 Å². The molecule has 4 aliphatic rings. The summed E-state index contributed by atoms with van der Waals surface area (Å²) in [4.78, 5) is 0. The fraction of sp³-hybridized carbons (Fsp3) is 1.00. The van der Waals surface area contributed by atoms with Gasteiger partial charge in [-0.05, 0) is 48.9 Å². The van der Waals surface area contributed by atoms with Crippen LogP contribution in [-0.4, -0.2) is 23.9 Å². The Kier molecular flexibility index (Phi) is 2.68. The maximum atomic E-state index is 13.0. The standard InChI is InChI=1S/C15H24F2O2/c1-12-4-10-5-13(2,7-12)15(6-10,8-12)9-19-11(18)14(3,16)17/h10-11,18H,4-9H2,1-3H3. The van der Waals surface area contributed by atoms with Crippen molar-refractivity contribution in [3.05, 3.63) is 0 Å². The first kappa shape index (κ1) is 13.7. The van der Waals surface area contributed by atoms with Gasteiger partial charge in [-0.3, -0.25) is 0 Å². The molecule has 5 unspecified atom stereocenters. The normalized spacial score (nSPS) is 49.9. The minimum atomic E-state index is -3.18. The zero-order chi connectivity index (χ0) is 14.1. The lowest BCUT2D eigenvalue weighted by atomic mass is 9.68. The third-order valence-corrected chi connectivity index (χ3v) is 6.01. The summed E-state index contributed by atoms with van der Waals surface area (Å²) < 4.78 is 31.2. The summed E-state index contributed by atoms with van der Waals surface area (Å²) in [5, 5.41) is 9.42. The molecule has 0 spiro atoms. The molecule has 0 heterocycles. The van der Waals surface area contributed by atoms with E-state index in [1.807, 2.05) is 0 Å². The molecule has 110 valence electrons. The van der Waals surface area contributed by atoms with Gasteiger partial charge in [-0.1, -0.05) is 13.8 Å². The summed E-state index contributed by atoms with van der Waals surface area (Å²) >= 11 is 0. The van der Waals surface area contributed by atoms with E-state index >= 15 is 0 Å². The molecule has 2 nitrogen and oxygen atoms in total. The molecule has 0 amide bonds. The van der Waals surface area contributed by atoms with E-state index in [1.54, 1.807) is 0 Å². The Balaban J connectivity index is 1.75. The molecule has 4 heteroatoms. The van der Waals surface area contributed by atoms with Gasteiger partial charge in [-0.25, -0.2) is 8.78 Å². The Morgan fingerprint density at radius 3 is 2.53 bits per heavy atom. The monoisotopic (exact) mass is 274 g/mol. The van der Waals surface area contributed by atoms with E-state index < -0.39 is 12.2 Å². The van der Waals surface area contributed by atoms with Crippen LogP contribution in [0.3, 0.4) is 0 Å². The lowest BCUT2D eigenvalue weighted by Gasteiger charge is -2.39. The van der Waals surface area contributed by atoms with Crippen molar-refractivity contribution in [3.8, 4) is 0 Å². The van der Waals surface area contributed by atoms with Crippen molar-refractivity contribution in [1.82, 2.24) is 0 Å². The average molecular weight is 274 g/mol. The van der Waals surface area contributed by atoms with Gasteiger partial charge in [0.05, 0.1) is 6.61 Å². The zero-order valence-electron chi connectivity index (χ0n) is 12.0. The first-order valence-electron chi connectivity index (χ1n) is 7.25. The molecule has 4 saturated carbocycles. The van der Waals surface area contributed by atoms with Crippen LogP contribution in [-0.2, 0) is 4.74 Å². The molecule has 4 fully saturated rings. The molecular weight excluding hydrogens is 250 g/mol. The third-order valence-electron chi connectivity index (χ3n) is 6.01. The smallest absolute Gasteiger partial charge is 0.295 e. The third kappa shape index (κ3) is 1.94. The van der Waals surface area contributed by atoms with Crippen molar-refractivity contribution in [3.63, 3.8) is 0 Å². The Bertz CT molecular complexity index is 394. The van der Waals surface area contributed by atoms with Gasteiger partial charge in [0.2, 0.25) is 6.29 Å². The number of aliphatic hydroxyl groups is 1. The van der Waals surface area contributed by atoms with Gasteiger partial charge in [0, 0.05) is 12.3 Å². The Hall–Kier alpha value is -0.220. The van der Waals surface area contributed by atoms with Gasteiger partial charge in [0.15, 0.2) is 0 Å². The second-order valence-corrected chi connectivity index (χ2v) is 8.10. The van der Waals surface area contributed by atoms with E-state index in [0.29, 0.717) is 12.3 Å². The van der Waals surface area contributed by atoms with Crippen molar-refractivity contribution >= 4 is 0 Å². The molecule has 0 aromatic heterocycles. The highest BCUT2D eigenvalue weighted by molar-refractivity contribution is 5.17. The Morgan fingerprint density at radius 1 is 1.26 bits per heavy atom. The minimum Gasteiger partial charge on any atom is -0.363 e. The molecule has 5 atom stereocenters. The first-order chi connectivity index (χ1) is 8.58. The fourth-order valence-electron chi connectivity index (χ4n) is 5.75. The number of hydrogen-bond acceptors (Lipinski definition) is 2. The maximum Gasteiger partial charge on any atom is 0.295 e. The SMILES string of the molecule is CC12CC3CC(C)(C1)C(COC(O)C(C)(F)F)(C3)C2. The number of ether oxygens (including phenoxy) is 1. The predicted octanol–water partition coefficient (Wildman–Crippen LogP) is 3.58. The van der Waals surface area contributed by atoms with Crippen LogP contribution in [0.1, 0.15) is 52.9 Å². The summed E-state index contributed by atoms with van der Waals surface area (Å²) in [6.45, 7) is 5.59. The van der Waals surface area contributed by atoms with Crippen LogP contribution in [0, 0.1) is 22.2 Å². The van der Waals surface area contributed by atoms with Gasteiger partial charge in [-0.2, -0.15) is 0 Å². The molecule has 0 aromatic carbocycles. The zero-order valence-corrected chi connectivity index (χ0v) is 12.0. The summed E-state index contributed by atoms with van der Waals surface area (Å²) in [6, 6.07) is 0. The molecule has 0 saturated heterocycles. The van der Waals surface area contributed by atoms with E-state index in [4.69, 9.17) is 4.74 Å². The maximum absolute atomic E-state index is 13.0. The van der Waals surface area contributed by atoms with Crippen molar-refractivity contribution in [2.24, 2.45) is 22.2 Å².